The van der Waals surface area contributed by atoms with E-state index in [1.165, 1.54) is 11.3 Å². The summed E-state index contributed by atoms with van der Waals surface area (Å²) in [7, 11) is 0. The average molecular weight is 296 g/mol. The van der Waals surface area contributed by atoms with Gasteiger partial charge in [0.05, 0.1) is 11.7 Å². The molecular formula is C14H20N2O3S. The van der Waals surface area contributed by atoms with Gasteiger partial charge >= 0.3 is 5.97 Å². The number of hydrogen-bond donors (Lipinski definition) is 2. The lowest BCUT2D eigenvalue weighted by molar-refractivity contribution is -0.149. The Morgan fingerprint density at radius 2 is 2.05 bits per heavy atom. The lowest BCUT2D eigenvalue weighted by Crippen LogP contribution is -2.38. The van der Waals surface area contributed by atoms with Crippen LogP contribution in [0.1, 0.15) is 57.3 Å². The first-order valence-corrected chi connectivity index (χ1v) is 7.55. The Morgan fingerprint density at radius 1 is 1.45 bits per heavy atom. The molecule has 20 heavy (non-hydrogen) atoms. The van der Waals surface area contributed by atoms with Crippen molar-refractivity contribution in [1.29, 1.82) is 0 Å². The smallest absolute Gasteiger partial charge is 0.319 e. The molecule has 0 radical (unpaired) electrons. The Labute approximate surface area is 122 Å². The molecule has 0 aliphatic heterocycles. The molecule has 0 spiro atoms. The summed E-state index contributed by atoms with van der Waals surface area (Å²) in [5.41, 5.74) is -0.242. The van der Waals surface area contributed by atoms with Gasteiger partial charge in [-0.25, -0.2) is 4.98 Å². The fourth-order valence-electron chi connectivity index (χ4n) is 1.89. The van der Waals surface area contributed by atoms with Crippen LogP contribution in [0, 0.1) is 5.41 Å². The normalized spacial score (nSPS) is 18.4. The van der Waals surface area contributed by atoms with Gasteiger partial charge in [-0.1, -0.05) is 20.8 Å². The van der Waals surface area contributed by atoms with Gasteiger partial charge in [0, 0.05) is 10.8 Å². The number of carboxylic acid groups (broad SMARTS) is 1. The van der Waals surface area contributed by atoms with Crippen LogP contribution < -0.4 is 5.32 Å². The highest BCUT2D eigenvalue weighted by Gasteiger charge is 2.57. The molecule has 0 bridgehead atoms. The molecule has 1 heterocycles. The van der Waals surface area contributed by atoms with E-state index in [-0.39, 0.29) is 11.5 Å². The number of aromatic nitrogens is 1. The van der Waals surface area contributed by atoms with Crippen LogP contribution in [0.2, 0.25) is 0 Å². The van der Waals surface area contributed by atoms with E-state index in [0.717, 1.165) is 10.7 Å². The second-order valence-electron chi connectivity index (χ2n) is 6.40. The van der Waals surface area contributed by atoms with Gasteiger partial charge in [-0.2, -0.15) is 0 Å². The molecule has 1 aromatic heterocycles. The lowest BCUT2D eigenvalue weighted by atomic mass is 9.93. The fraction of sp³-hybridized carbons (Fsp3) is 0.643. The minimum atomic E-state index is -1.20. The predicted molar refractivity (Wildman–Crippen MR) is 76.7 cm³/mol. The number of thiazole rings is 1. The number of nitrogens with zero attached hydrogens (tertiary/aromatic N) is 1. The fourth-order valence-corrected chi connectivity index (χ4v) is 2.94. The van der Waals surface area contributed by atoms with Gasteiger partial charge in [0.15, 0.2) is 0 Å². The second kappa shape index (κ2) is 4.84. The summed E-state index contributed by atoms with van der Waals surface area (Å²) >= 11 is 1.49. The van der Waals surface area contributed by atoms with Crippen molar-refractivity contribution in [3.8, 4) is 0 Å². The zero-order chi connectivity index (χ0) is 15.1. The molecule has 1 fully saturated rings. The van der Waals surface area contributed by atoms with Crippen molar-refractivity contribution < 1.29 is 14.7 Å². The molecule has 5 nitrogen and oxygen atoms in total. The van der Waals surface area contributed by atoms with Crippen molar-refractivity contribution >= 4 is 23.2 Å². The van der Waals surface area contributed by atoms with Crippen LogP contribution in [0.3, 0.4) is 0 Å². The summed E-state index contributed by atoms with van der Waals surface area (Å²) in [6.07, 6.45) is 0.845. The zero-order valence-electron chi connectivity index (χ0n) is 12.2. The SMILES string of the molecule is CC(NC(=O)C1(C(=O)O)CC1)c1nc(C(C)(C)C)cs1. The third-order valence-electron chi connectivity index (χ3n) is 3.60. The standard InChI is InChI=1S/C14H20N2O3S/c1-8(10-16-9(7-20-10)13(2,3)4)15-11(17)14(5-6-14)12(18)19/h7-8H,5-6H2,1-4H3,(H,15,17)(H,18,19). The second-order valence-corrected chi connectivity index (χ2v) is 7.29. The monoisotopic (exact) mass is 296 g/mol. The largest absolute Gasteiger partial charge is 0.480 e. The molecule has 2 rings (SSSR count). The van der Waals surface area contributed by atoms with Crippen LogP contribution in [0.4, 0.5) is 0 Å². The van der Waals surface area contributed by atoms with Crippen molar-refractivity contribution in [3.05, 3.63) is 16.1 Å². The summed E-state index contributed by atoms with van der Waals surface area (Å²) in [6, 6.07) is -0.263. The van der Waals surface area contributed by atoms with Crippen LogP contribution >= 0.6 is 11.3 Å². The molecule has 1 atom stereocenters. The molecule has 1 aliphatic rings. The Balaban J connectivity index is 2.06. The molecule has 0 saturated heterocycles. The lowest BCUT2D eigenvalue weighted by Gasteiger charge is -2.16. The van der Waals surface area contributed by atoms with Crippen LogP contribution in [0.25, 0.3) is 0 Å². The summed E-state index contributed by atoms with van der Waals surface area (Å²) in [4.78, 5) is 27.7. The minimum absolute atomic E-state index is 0.0305. The van der Waals surface area contributed by atoms with Gasteiger partial charge in [-0.3, -0.25) is 9.59 Å². The molecule has 2 N–H and O–H groups in total. The number of nitrogens with one attached hydrogen (secondary N) is 1. The number of amides is 1. The van der Waals surface area contributed by atoms with Gasteiger partial charge in [0.2, 0.25) is 5.91 Å². The summed E-state index contributed by atoms with van der Waals surface area (Å²) in [6.45, 7) is 8.08. The molecular weight excluding hydrogens is 276 g/mol. The summed E-state index contributed by atoms with van der Waals surface area (Å²) in [5, 5.41) is 14.7. The Kier molecular flexibility index (Phi) is 3.62. The van der Waals surface area contributed by atoms with Crippen molar-refractivity contribution in [2.45, 2.75) is 52.0 Å². The molecule has 1 unspecified atom stereocenters. The topological polar surface area (TPSA) is 79.3 Å². The van der Waals surface area contributed by atoms with Crippen LogP contribution in [0.15, 0.2) is 5.38 Å². The van der Waals surface area contributed by atoms with E-state index in [1.807, 2.05) is 12.3 Å². The van der Waals surface area contributed by atoms with Gasteiger partial charge in [-0.15, -0.1) is 11.3 Å². The molecule has 1 aliphatic carbocycles. The van der Waals surface area contributed by atoms with E-state index < -0.39 is 17.3 Å². The molecule has 1 aromatic rings. The van der Waals surface area contributed by atoms with E-state index in [2.05, 4.69) is 31.1 Å². The maximum atomic E-state index is 12.0. The number of carbonyl (C=O) groups excluding carboxylic acids is 1. The van der Waals surface area contributed by atoms with E-state index >= 15 is 0 Å². The van der Waals surface area contributed by atoms with Crippen LogP contribution in [-0.4, -0.2) is 22.0 Å². The summed E-state index contributed by atoms with van der Waals surface area (Å²) < 4.78 is 0. The zero-order valence-corrected chi connectivity index (χ0v) is 13.0. The minimum Gasteiger partial charge on any atom is -0.480 e. The van der Waals surface area contributed by atoms with Crippen LogP contribution in [-0.2, 0) is 15.0 Å². The Hall–Kier alpha value is -1.43. The van der Waals surface area contributed by atoms with Crippen molar-refractivity contribution in [2.75, 3.05) is 0 Å². The molecule has 110 valence electrons. The molecule has 1 saturated carbocycles. The van der Waals surface area contributed by atoms with Crippen molar-refractivity contribution in [2.24, 2.45) is 5.41 Å². The maximum Gasteiger partial charge on any atom is 0.319 e. The highest BCUT2D eigenvalue weighted by atomic mass is 32.1. The molecule has 6 heteroatoms. The van der Waals surface area contributed by atoms with Gasteiger partial charge in [0.25, 0.3) is 0 Å². The Bertz CT molecular complexity index is 541. The molecule has 0 aromatic carbocycles. The third-order valence-corrected chi connectivity index (χ3v) is 4.63. The highest BCUT2D eigenvalue weighted by Crippen LogP contribution is 2.46. The van der Waals surface area contributed by atoms with Crippen molar-refractivity contribution in [1.82, 2.24) is 10.3 Å². The van der Waals surface area contributed by atoms with Gasteiger partial charge in [0.1, 0.15) is 10.4 Å². The van der Waals surface area contributed by atoms with Crippen LogP contribution in [0.5, 0.6) is 0 Å². The maximum absolute atomic E-state index is 12.0. The first kappa shape index (κ1) is 15.0. The highest BCUT2D eigenvalue weighted by molar-refractivity contribution is 7.09. The summed E-state index contributed by atoms with van der Waals surface area (Å²) in [5.74, 6) is -1.43. The number of aliphatic carboxylic acids is 1. The van der Waals surface area contributed by atoms with E-state index in [9.17, 15) is 9.59 Å². The van der Waals surface area contributed by atoms with Gasteiger partial charge in [-0.05, 0) is 19.8 Å². The Morgan fingerprint density at radius 3 is 2.45 bits per heavy atom. The van der Waals surface area contributed by atoms with Gasteiger partial charge < -0.3 is 10.4 Å². The predicted octanol–water partition coefficient (Wildman–Crippen LogP) is 2.48. The number of carbonyl (C=O) groups is 2. The average Bonchev–Trinajstić information content (AvgIpc) is 2.98. The quantitative estimate of drug-likeness (QED) is 0.837. The number of carboxylic acids is 1. The van der Waals surface area contributed by atoms with E-state index in [4.69, 9.17) is 5.11 Å². The van der Waals surface area contributed by atoms with E-state index in [0.29, 0.717) is 12.8 Å². The number of hydrogen-bond acceptors (Lipinski definition) is 4. The first-order chi connectivity index (χ1) is 9.17. The first-order valence-electron chi connectivity index (χ1n) is 6.67. The number of rotatable bonds is 4. The van der Waals surface area contributed by atoms with Crippen molar-refractivity contribution in [3.63, 3.8) is 0 Å². The van der Waals surface area contributed by atoms with E-state index in [1.54, 1.807) is 0 Å². The third kappa shape index (κ3) is 2.70. The molecule has 1 amide bonds.